The van der Waals surface area contributed by atoms with Crippen LogP contribution in [0.15, 0.2) is 48.5 Å². The zero-order valence-electron chi connectivity index (χ0n) is 10.5. The molecule has 0 atom stereocenters. The van der Waals surface area contributed by atoms with Gasteiger partial charge in [-0.25, -0.2) is 0 Å². The third-order valence-corrected chi connectivity index (χ3v) is 3.49. The number of benzene rings is 2. The van der Waals surface area contributed by atoms with Gasteiger partial charge in [-0.2, -0.15) is 0 Å². The largest absolute Gasteiger partial charge is 0.508 e. The summed E-state index contributed by atoms with van der Waals surface area (Å²) in [4.78, 5) is 13.9. The molecule has 1 amide bonds. The molecule has 0 aliphatic carbocycles. The molecule has 0 saturated carbocycles. The fraction of sp³-hybridized carbons (Fsp3) is 0.133. The highest BCUT2D eigenvalue weighted by molar-refractivity contribution is 14.1. The molecule has 0 fully saturated rings. The van der Waals surface area contributed by atoms with Gasteiger partial charge in [-0.1, -0.05) is 24.3 Å². The molecular formula is C15H14INO2. The Morgan fingerprint density at radius 3 is 2.63 bits per heavy atom. The van der Waals surface area contributed by atoms with Crippen molar-refractivity contribution in [3.05, 3.63) is 63.2 Å². The normalized spacial score (nSPS) is 10.2. The highest BCUT2D eigenvalue weighted by Crippen LogP contribution is 2.18. The molecule has 0 saturated heterocycles. The van der Waals surface area contributed by atoms with Crippen molar-refractivity contribution in [3.8, 4) is 5.75 Å². The van der Waals surface area contributed by atoms with Crippen LogP contribution in [-0.4, -0.2) is 23.0 Å². The molecule has 3 nitrogen and oxygen atoms in total. The quantitative estimate of drug-likeness (QED) is 0.846. The Labute approximate surface area is 126 Å². The molecule has 0 heterocycles. The Morgan fingerprint density at radius 2 is 1.95 bits per heavy atom. The maximum absolute atomic E-state index is 12.3. The van der Waals surface area contributed by atoms with Crippen LogP contribution in [0, 0.1) is 3.57 Å². The summed E-state index contributed by atoms with van der Waals surface area (Å²) in [5.41, 5.74) is 1.40. The SMILES string of the molecule is CN(Cc1ccccc1O)C(=O)c1cccc(I)c1. The summed E-state index contributed by atoms with van der Waals surface area (Å²) in [6.45, 7) is 0.386. The van der Waals surface area contributed by atoms with Crippen LogP contribution in [-0.2, 0) is 6.54 Å². The first-order valence-electron chi connectivity index (χ1n) is 5.86. The number of phenols is 1. The van der Waals surface area contributed by atoms with Gasteiger partial charge in [-0.15, -0.1) is 0 Å². The molecule has 0 unspecified atom stereocenters. The number of para-hydroxylation sites is 1. The number of rotatable bonds is 3. The van der Waals surface area contributed by atoms with Crippen molar-refractivity contribution in [2.45, 2.75) is 6.54 Å². The Balaban J connectivity index is 2.14. The minimum atomic E-state index is -0.0539. The molecule has 98 valence electrons. The van der Waals surface area contributed by atoms with Crippen molar-refractivity contribution in [2.75, 3.05) is 7.05 Å². The van der Waals surface area contributed by atoms with Gasteiger partial charge in [0.2, 0.25) is 0 Å². The number of amides is 1. The first-order valence-corrected chi connectivity index (χ1v) is 6.93. The molecule has 2 rings (SSSR count). The smallest absolute Gasteiger partial charge is 0.253 e. The molecule has 19 heavy (non-hydrogen) atoms. The topological polar surface area (TPSA) is 40.5 Å². The molecule has 0 aromatic heterocycles. The van der Waals surface area contributed by atoms with Gasteiger partial charge in [-0.3, -0.25) is 4.79 Å². The highest BCUT2D eigenvalue weighted by Gasteiger charge is 2.13. The van der Waals surface area contributed by atoms with Crippen molar-refractivity contribution in [1.82, 2.24) is 4.90 Å². The average Bonchev–Trinajstić information content (AvgIpc) is 2.40. The summed E-state index contributed by atoms with van der Waals surface area (Å²) in [6, 6.07) is 14.5. The molecule has 1 N–H and O–H groups in total. The number of halogens is 1. The van der Waals surface area contributed by atoms with Crippen LogP contribution in [0.5, 0.6) is 5.75 Å². The van der Waals surface area contributed by atoms with Gasteiger partial charge in [0.1, 0.15) is 5.75 Å². The van der Waals surface area contributed by atoms with Crippen LogP contribution < -0.4 is 0 Å². The van der Waals surface area contributed by atoms with Gasteiger partial charge in [0.15, 0.2) is 0 Å². The van der Waals surface area contributed by atoms with E-state index in [4.69, 9.17) is 0 Å². The molecule has 4 heteroatoms. The fourth-order valence-electron chi connectivity index (χ4n) is 1.81. The average molecular weight is 367 g/mol. The molecule has 2 aromatic rings. The van der Waals surface area contributed by atoms with Crippen molar-refractivity contribution in [3.63, 3.8) is 0 Å². The van der Waals surface area contributed by atoms with E-state index in [1.807, 2.05) is 30.3 Å². The number of hydrogen-bond donors (Lipinski definition) is 1. The molecule has 2 aromatic carbocycles. The fourth-order valence-corrected chi connectivity index (χ4v) is 2.36. The summed E-state index contributed by atoms with van der Waals surface area (Å²) in [7, 11) is 1.73. The minimum Gasteiger partial charge on any atom is -0.508 e. The van der Waals surface area contributed by atoms with Crippen molar-refractivity contribution in [2.24, 2.45) is 0 Å². The lowest BCUT2D eigenvalue weighted by Gasteiger charge is -2.18. The standard InChI is InChI=1S/C15H14INO2/c1-17(10-12-5-2-3-8-14(12)18)15(19)11-6-4-7-13(16)9-11/h2-9,18H,10H2,1H3. The van der Waals surface area contributed by atoms with Gasteiger partial charge in [0.25, 0.3) is 5.91 Å². The summed E-state index contributed by atoms with van der Waals surface area (Å²) in [6.07, 6.45) is 0. The van der Waals surface area contributed by atoms with Crippen molar-refractivity contribution in [1.29, 1.82) is 0 Å². The summed E-state index contributed by atoms with van der Waals surface area (Å²) in [5, 5.41) is 9.72. The minimum absolute atomic E-state index is 0.0539. The molecule has 0 radical (unpaired) electrons. The van der Waals surface area contributed by atoms with Crippen LogP contribution in [0.2, 0.25) is 0 Å². The van der Waals surface area contributed by atoms with Crippen LogP contribution >= 0.6 is 22.6 Å². The van der Waals surface area contributed by atoms with Crippen LogP contribution in [0.25, 0.3) is 0 Å². The Hall–Kier alpha value is -1.56. The second kappa shape index (κ2) is 6.06. The third-order valence-electron chi connectivity index (χ3n) is 2.82. The zero-order valence-corrected chi connectivity index (χ0v) is 12.7. The Morgan fingerprint density at radius 1 is 1.21 bits per heavy atom. The molecule has 0 spiro atoms. The zero-order chi connectivity index (χ0) is 13.8. The van der Waals surface area contributed by atoms with Gasteiger partial charge in [0, 0.05) is 28.3 Å². The van der Waals surface area contributed by atoms with E-state index in [9.17, 15) is 9.90 Å². The first kappa shape index (κ1) is 13.9. The van der Waals surface area contributed by atoms with E-state index in [1.54, 1.807) is 30.1 Å². The summed E-state index contributed by atoms with van der Waals surface area (Å²) in [5.74, 6) is 0.159. The molecular weight excluding hydrogens is 353 g/mol. The van der Waals surface area contributed by atoms with E-state index in [1.165, 1.54) is 0 Å². The first-order chi connectivity index (χ1) is 9.08. The number of carbonyl (C=O) groups excluding carboxylic acids is 1. The predicted molar refractivity (Wildman–Crippen MR) is 83.1 cm³/mol. The molecule has 0 bridgehead atoms. The lowest BCUT2D eigenvalue weighted by Crippen LogP contribution is -2.26. The number of phenolic OH excluding ortho intramolecular Hbond substituents is 1. The van der Waals surface area contributed by atoms with Crippen LogP contribution in [0.4, 0.5) is 0 Å². The maximum Gasteiger partial charge on any atom is 0.253 e. The Kier molecular flexibility index (Phi) is 4.42. The van der Waals surface area contributed by atoms with Gasteiger partial charge in [-0.05, 0) is 46.9 Å². The maximum atomic E-state index is 12.3. The molecule has 0 aliphatic heterocycles. The van der Waals surface area contributed by atoms with E-state index in [0.717, 1.165) is 9.13 Å². The monoisotopic (exact) mass is 367 g/mol. The highest BCUT2D eigenvalue weighted by atomic mass is 127. The summed E-state index contributed by atoms with van der Waals surface area (Å²) >= 11 is 2.18. The number of aromatic hydroxyl groups is 1. The van der Waals surface area contributed by atoms with E-state index in [2.05, 4.69) is 22.6 Å². The lowest BCUT2D eigenvalue weighted by atomic mass is 10.1. The third kappa shape index (κ3) is 3.47. The van der Waals surface area contributed by atoms with E-state index in [0.29, 0.717) is 12.1 Å². The second-order valence-corrected chi connectivity index (χ2v) is 5.55. The summed E-state index contributed by atoms with van der Waals surface area (Å²) < 4.78 is 1.03. The number of carbonyl (C=O) groups is 1. The van der Waals surface area contributed by atoms with Gasteiger partial charge >= 0.3 is 0 Å². The van der Waals surface area contributed by atoms with Crippen LogP contribution in [0.3, 0.4) is 0 Å². The number of hydrogen-bond acceptors (Lipinski definition) is 2. The van der Waals surface area contributed by atoms with Gasteiger partial charge in [0.05, 0.1) is 0 Å². The number of nitrogens with zero attached hydrogens (tertiary/aromatic N) is 1. The van der Waals surface area contributed by atoms with E-state index < -0.39 is 0 Å². The Bertz CT molecular complexity index is 598. The van der Waals surface area contributed by atoms with Crippen molar-refractivity contribution >= 4 is 28.5 Å². The van der Waals surface area contributed by atoms with Gasteiger partial charge < -0.3 is 10.0 Å². The van der Waals surface area contributed by atoms with Crippen molar-refractivity contribution < 1.29 is 9.90 Å². The molecule has 0 aliphatic rings. The lowest BCUT2D eigenvalue weighted by molar-refractivity contribution is 0.0784. The van der Waals surface area contributed by atoms with E-state index >= 15 is 0 Å². The van der Waals surface area contributed by atoms with Crippen LogP contribution in [0.1, 0.15) is 15.9 Å². The predicted octanol–water partition coefficient (Wildman–Crippen LogP) is 3.27. The second-order valence-electron chi connectivity index (χ2n) is 4.30. The van der Waals surface area contributed by atoms with E-state index in [-0.39, 0.29) is 11.7 Å².